The van der Waals surface area contributed by atoms with Crippen molar-refractivity contribution in [3.63, 3.8) is 0 Å². The zero-order chi connectivity index (χ0) is 11.5. The van der Waals surface area contributed by atoms with Crippen LogP contribution >= 0.6 is 11.6 Å². The second-order valence-corrected chi connectivity index (χ2v) is 3.92. The highest BCUT2D eigenvalue weighted by molar-refractivity contribution is 6.17. The Bertz CT molecular complexity index is 562. The number of fused-ring (bicyclic) bond motifs is 1. The number of hydrogen-bond acceptors (Lipinski definition) is 2. The zero-order valence-electron chi connectivity index (χ0n) is 9.11. The van der Waals surface area contributed by atoms with Gasteiger partial charge in [-0.05, 0) is 18.6 Å². The number of alkyl halides is 1. The summed E-state index contributed by atoms with van der Waals surface area (Å²) in [5.41, 5.74) is 2.28. The van der Waals surface area contributed by atoms with E-state index in [0.29, 0.717) is 24.5 Å². The molecule has 0 atom stereocenters. The second-order valence-electron chi connectivity index (χ2n) is 3.55. The molecule has 0 aliphatic rings. The van der Waals surface area contributed by atoms with E-state index in [0.717, 1.165) is 11.0 Å². The largest absolute Gasteiger partial charge is 0.304 e. The fourth-order valence-corrected chi connectivity index (χ4v) is 1.95. The molecule has 0 bridgehead atoms. The van der Waals surface area contributed by atoms with Crippen LogP contribution in [0, 0.1) is 0 Å². The van der Waals surface area contributed by atoms with Crippen molar-refractivity contribution in [2.24, 2.45) is 0 Å². The van der Waals surface area contributed by atoms with Crippen molar-refractivity contribution in [3.8, 4) is 0 Å². The molecule has 2 aromatic rings. The molecule has 0 radical (unpaired) electrons. The third-order valence-electron chi connectivity index (χ3n) is 2.56. The van der Waals surface area contributed by atoms with Crippen LogP contribution in [0.1, 0.15) is 12.6 Å². The topological polar surface area (TPSA) is 34.9 Å². The summed E-state index contributed by atoms with van der Waals surface area (Å²) in [7, 11) is 0. The van der Waals surface area contributed by atoms with Crippen LogP contribution in [0.15, 0.2) is 29.1 Å². The van der Waals surface area contributed by atoms with Crippen LogP contribution < -0.4 is 5.56 Å². The number of para-hydroxylation sites is 2. The van der Waals surface area contributed by atoms with Crippen molar-refractivity contribution in [2.75, 3.05) is 5.88 Å². The van der Waals surface area contributed by atoms with Crippen molar-refractivity contribution < 1.29 is 0 Å². The van der Waals surface area contributed by atoms with Crippen LogP contribution in [0.4, 0.5) is 0 Å². The van der Waals surface area contributed by atoms with Crippen LogP contribution in [0.25, 0.3) is 11.0 Å². The van der Waals surface area contributed by atoms with Gasteiger partial charge in [0.25, 0.3) is 5.56 Å². The van der Waals surface area contributed by atoms with Gasteiger partial charge in [0.05, 0.1) is 11.0 Å². The number of nitrogens with zero attached hydrogens (tertiary/aromatic N) is 2. The lowest BCUT2D eigenvalue weighted by atomic mass is 10.2. The minimum Gasteiger partial charge on any atom is -0.304 e. The van der Waals surface area contributed by atoms with Gasteiger partial charge in [-0.1, -0.05) is 19.1 Å². The molecular weight excluding hydrogens is 224 g/mol. The van der Waals surface area contributed by atoms with Gasteiger partial charge in [0, 0.05) is 12.4 Å². The maximum Gasteiger partial charge on any atom is 0.272 e. The van der Waals surface area contributed by atoms with Crippen LogP contribution in [-0.2, 0) is 13.0 Å². The van der Waals surface area contributed by atoms with E-state index in [-0.39, 0.29) is 5.56 Å². The first-order valence-electron chi connectivity index (χ1n) is 5.32. The Kier molecular flexibility index (Phi) is 3.25. The van der Waals surface area contributed by atoms with Gasteiger partial charge in [-0.2, -0.15) is 0 Å². The van der Waals surface area contributed by atoms with E-state index in [1.807, 2.05) is 31.2 Å². The predicted molar refractivity (Wildman–Crippen MR) is 66.1 cm³/mol. The zero-order valence-corrected chi connectivity index (χ0v) is 9.87. The van der Waals surface area contributed by atoms with Crippen molar-refractivity contribution in [2.45, 2.75) is 19.9 Å². The Morgan fingerprint density at radius 2 is 2.12 bits per heavy atom. The number of benzene rings is 1. The summed E-state index contributed by atoms with van der Waals surface area (Å²) >= 11 is 5.72. The van der Waals surface area contributed by atoms with Gasteiger partial charge in [0.15, 0.2) is 0 Å². The lowest BCUT2D eigenvalue weighted by Gasteiger charge is -2.09. The number of aromatic nitrogens is 2. The van der Waals surface area contributed by atoms with Crippen LogP contribution in [0.3, 0.4) is 0 Å². The molecule has 0 saturated carbocycles. The fourth-order valence-electron chi connectivity index (χ4n) is 1.78. The van der Waals surface area contributed by atoms with E-state index < -0.39 is 0 Å². The highest BCUT2D eigenvalue weighted by Crippen LogP contribution is 2.10. The summed E-state index contributed by atoms with van der Waals surface area (Å²) < 4.78 is 1.70. The predicted octanol–water partition coefficient (Wildman–Crippen LogP) is 2.20. The van der Waals surface area contributed by atoms with Crippen molar-refractivity contribution in [3.05, 3.63) is 40.3 Å². The number of aryl methyl sites for hydroxylation is 2. The Hall–Kier alpha value is -1.35. The maximum absolute atomic E-state index is 12.0. The lowest BCUT2D eigenvalue weighted by Crippen LogP contribution is -2.26. The van der Waals surface area contributed by atoms with Gasteiger partial charge in [0.1, 0.15) is 5.69 Å². The number of rotatable bonds is 3. The minimum atomic E-state index is -0.0261. The Morgan fingerprint density at radius 1 is 1.38 bits per heavy atom. The van der Waals surface area contributed by atoms with Crippen LogP contribution in [-0.4, -0.2) is 15.4 Å². The summed E-state index contributed by atoms with van der Waals surface area (Å²) in [6.45, 7) is 2.46. The summed E-state index contributed by atoms with van der Waals surface area (Å²) in [6.07, 6.45) is 0.645. The molecule has 3 nitrogen and oxygen atoms in total. The normalized spacial score (nSPS) is 10.9. The van der Waals surface area contributed by atoms with E-state index in [1.54, 1.807) is 4.57 Å². The number of hydrogen-bond donors (Lipinski definition) is 0. The fraction of sp³-hybridized carbons (Fsp3) is 0.333. The molecule has 0 aliphatic carbocycles. The molecule has 4 heteroatoms. The van der Waals surface area contributed by atoms with E-state index >= 15 is 0 Å². The highest BCUT2D eigenvalue weighted by atomic mass is 35.5. The standard InChI is InChI=1S/C12H13ClN2O/c1-2-9-12(16)15(8-7-13)11-6-4-3-5-10(11)14-9/h3-6H,2,7-8H2,1H3. The number of halogens is 1. The highest BCUT2D eigenvalue weighted by Gasteiger charge is 2.08. The summed E-state index contributed by atoms with van der Waals surface area (Å²) in [5.74, 6) is 0.428. The molecule has 2 rings (SSSR count). The molecule has 0 fully saturated rings. The first-order valence-corrected chi connectivity index (χ1v) is 5.85. The smallest absolute Gasteiger partial charge is 0.272 e. The molecule has 1 aromatic carbocycles. The molecule has 0 spiro atoms. The average Bonchev–Trinajstić information content (AvgIpc) is 2.32. The molecule has 84 valence electrons. The van der Waals surface area contributed by atoms with E-state index in [4.69, 9.17) is 11.6 Å². The van der Waals surface area contributed by atoms with Gasteiger partial charge in [0.2, 0.25) is 0 Å². The van der Waals surface area contributed by atoms with Gasteiger partial charge < -0.3 is 4.57 Å². The lowest BCUT2D eigenvalue weighted by molar-refractivity contribution is 0.741. The second kappa shape index (κ2) is 4.66. The molecule has 1 aromatic heterocycles. The van der Waals surface area contributed by atoms with Crippen LogP contribution in [0.2, 0.25) is 0 Å². The quantitative estimate of drug-likeness (QED) is 0.766. The van der Waals surface area contributed by atoms with E-state index in [1.165, 1.54) is 0 Å². The Balaban J connectivity index is 2.80. The van der Waals surface area contributed by atoms with Gasteiger partial charge >= 0.3 is 0 Å². The third-order valence-corrected chi connectivity index (χ3v) is 2.73. The SMILES string of the molecule is CCc1nc2ccccc2n(CCCl)c1=O. The summed E-state index contributed by atoms with van der Waals surface area (Å²) in [6, 6.07) is 7.64. The van der Waals surface area contributed by atoms with E-state index in [9.17, 15) is 4.79 Å². The minimum absolute atomic E-state index is 0.0261. The molecule has 1 heterocycles. The van der Waals surface area contributed by atoms with Gasteiger partial charge in [-0.25, -0.2) is 4.98 Å². The van der Waals surface area contributed by atoms with Crippen molar-refractivity contribution in [1.82, 2.24) is 9.55 Å². The first kappa shape index (κ1) is 11.1. The van der Waals surface area contributed by atoms with Gasteiger partial charge in [-0.3, -0.25) is 4.79 Å². The molecule has 0 amide bonds. The monoisotopic (exact) mass is 236 g/mol. The molecule has 0 aliphatic heterocycles. The Labute approximate surface area is 98.7 Å². The van der Waals surface area contributed by atoms with Crippen molar-refractivity contribution >= 4 is 22.6 Å². The molecule has 0 unspecified atom stereocenters. The molecule has 0 saturated heterocycles. The van der Waals surface area contributed by atoms with Crippen molar-refractivity contribution in [1.29, 1.82) is 0 Å². The van der Waals surface area contributed by atoms with E-state index in [2.05, 4.69) is 4.98 Å². The third kappa shape index (κ3) is 1.83. The molecule has 0 N–H and O–H groups in total. The molecular formula is C12H13ClN2O. The first-order chi connectivity index (χ1) is 7.77. The van der Waals surface area contributed by atoms with Gasteiger partial charge in [-0.15, -0.1) is 11.6 Å². The summed E-state index contributed by atoms with van der Waals surface area (Å²) in [5, 5.41) is 0. The Morgan fingerprint density at radius 3 is 2.81 bits per heavy atom. The average molecular weight is 237 g/mol. The van der Waals surface area contributed by atoms with Crippen LogP contribution in [0.5, 0.6) is 0 Å². The maximum atomic E-state index is 12.0. The molecule has 16 heavy (non-hydrogen) atoms. The summed E-state index contributed by atoms with van der Waals surface area (Å²) in [4.78, 5) is 16.4.